The van der Waals surface area contributed by atoms with Crippen molar-refractivity contribution < 1.29 is 10.0 Å². The summed E-state index contributed by atoms with van der Waals surface area (Å²) in [6, 6.07) is 3.34. The molecule has 1 aliphatic carbocycles. The third-order valence-electron chi connectivity index (χ3n) is 3.20. The van der Waals surface area contributed by atoms with Gasteiger partial charge in [-0.05, 0) is 25.0 Å². The number of halogens is 1. The Kier molecular flexibility index (Phi) is 3.77. The van der Waals surface area contributed by atoms with Crippen LogP contribution < -0.4 is 11.1 Å². The fourth-order valence-corrected chi connectivity index (χ4v) is 3.17. The highest BCUT2D eigenvalue weighted by Gasteiger charge is 2.40. The lowest BCUT2D eigenvalue weighted by atomic mass is 9.96. The Bertz CT molecular complexity index is 480. The van der Waals surface area contributed by atoms with Gasteiger partial charge < -0.3 is 16.3 Å². The van der Waals surface area contributed by atoms with Crippen LogP contribution in [-0.2, 0) is 0 Å². The monoisotopic (exact) mass is 287 g/mol. The van der Waals surface area contributed by atoms with Gasteiger partial charge in [0.2, 0.25) is 0 Å². The van der Waals surface area contributed by atoms with E-state index in [1.807, 2.05) is 0 Å². The van der Waals surface area contributed by atoms with Crippen LogP contribution in [0.5, 0.6) is 0 Å². The van der Waals surface area contributed by atoms with Crippen LogP contribution in [0.2, 0.25) is 4.34 Å². The van der Waals surface area contributed by atoms with Crippen molar-refractivity contribution in [1.82, 2.24) is 5.32 Å². The van der Waals surface area contributed by atoms with Crippen molar-refractivity contribution in [3.63, 3.8) is 0 Å². The van der Waals surface area contributed by atoms with Gasteiger partial charge in [-0.25, -0.2) is 0 Å². The minimum Gasteiger partial charge on any atom is -0.409 e. The van der Waals surface area contributed by atoms with Gasteiger partial charge in [0.05, 0.1) is 9.21 Å². The molecular formula is C11H14ClN3O2S. The van der Waals surface area contributed by atoms with Crippen LogP contribution in [-0.4, -0.2) is 22.5 Å². The van der Waals surface area contributed by atoms with Crippen LogP contribution in [0.3, 0.4) is 0 Å². The number of rotatable bonds is 3. The molecular weight excluding hydrogens is 274 g/mol. The number of nitrogens with one attached hydrogen (secondary N) is 1. The van der Waals surface area contributed by atoms with Crippen LogP contribution in [0.4, 0.5) is 0 Å². The molecule has 1 heterocycles. The molecule has 0 aromatic carbocycles. The molecule has 0 unspecified atom stereocenters. The summed E-state index contributed by atoms with van der Waals surface area (Å²) in [6.07, 6.45) is 3.27. The van der Waals surface area contributed by atoms with Crippen molar-refractivity contribution in [1.29, 1.82) is 0 Å². The first-order valence-electron chi connectivity index (χ1n) is 5.63. The van der Waals surface area contributed by atoms with E-state index in [-0.39, 0.29) is 11.7 Å². The Labute approximate surface area is 114 Å². The second-order valence-corrected chi connectivity index (χ2v) is 6.05. The average Bonchev–Trinajstić information content (AvgIpc) is 2.98. The number of amides is 1. The van der Waals surface area contributed by atoms with Gasteiger partial charge in [-0.3, -0.25) is 4.79 Å². The molecule has 0 spiro atoms. The Morgan fingerprint density at radius 1 is 1.50 bits per heavy atom. The van der Waals surface area contributed by atoms with E-state index in [4.69, 9.17) is 22.5 Å². The Morgan fingerprint density at radius 3 is 2.67 bits per heavy atom. The highest BCUT2D eigenvalue weighted by molar-refractivity contribution is 7.18. The van der Waals surface area contributed by atoms with E-state index in [2.05, 4.69) is 10.5 Å². The zero-order chi connectivity index (χ0) is 13.2. The Morgan fingerprint density at radius 2 is 2.17 bits per heavy atom. The molecule has 18 heavy (non-hydrogen) atoms. The fraction of sp³-hybridized carbons (Fsp3) is 0.455. The first-order valence-corrected chi connectivity index (χ1v) is 6.83. The van der Waals surface area contributed by atoms with Crippen molar-refractivity contribution in [2.75, 3.05) is 0 Å². The van der Waals surface area contributed by atoms with Crippen LogP contribution in [0.25, 0.3) is 0 Å². The maximum atomic E-state index is 12.1. The van der Waals surface area contributed by atoms with E-state index < -0.39 is 5.54 Å². The molecule has 5 nitrogen and oxygen atoms in total. The minimum absolute atomic E-state index is 0.0657. The number of oxime groups is 1. The molecule has 0 saturated heterocycles. The van der Waals surface area contributed by atoms with Crippen molar-refractivity contribution in [2.24, 2.45) is 10.9 Å². The topological polar surface area (TPSA) is 87.7 Å². The molecule has 1 saturated carbocycles. The number of hydrogen-bond acceptors (Lipinski definition) is 4. The number of hydrogen-bond donors (Lipinski definition) is 3. The van der Waals surface area contributed by atoms with Crippen molar-refractivity contribution in [3.05, 3.63) is 21.3 Å². The quantitative estimate of drug-likeness (QED) is 0.345. The molecule has 98 valence electrons. The molecule has 0 radical (unpaired) electrons. The summed E-state index contributed by atoms with van der Waals surface area (Å²) in [5.74, 6) is -0.170. The average molecular weight is 288 g/mol. The summed E-state index contributed by atoms with van der Waals surface area (Å²) >= 11 is 7.00. The zero-order valence-corrected chi connectivity index (χ0v) is 11.2. The molecule has 1 amide bonds. The predicted octanol–water partition coefficient (Wildman–Crippen LogP) is 2.19. The number of nitrogens with two attached hydrogens (primary N) is 1. The lowest BCUT2D eigenvalue weighted by molar-refractivity contribution is 0.0927. The van der Waals surface area contributed by atoms with Crippen molar-refractivity contribution >= 4 is 34.7 Å². The SMILES string of the molecule is NC(=NO)C1(NC(=O)c2ccc(Cl)s2)CCCC1. The van der Waals surface area contributed by atoms with Gasteiger partial charge in [-0.15, -0.1) is 11.3 Å². The molecule has 0 bridgehead atoms. The molecule has 4 N–H and O–H groups in total. The third kappa shape index (κ3) is 2.44. The van der Waals surface area contributed by atoms with E-state index in [1.165, 1.54) is 11.3 Å². The van der Waals surface area contributed by atoms with Crippen LogP contribution in [0.1, 0.15) is 35.4 Å². The molecule has 1 aromatic rings. The summed E-state index contributed by atoms with van der Waals surface area (Å²) in [4.78, 5) is 12.6. The predicted molar refractivity (Wildman–Crippen MR) is 71.4 cm³/mol. The number of thiophene rings is 1. The van der Waals surface area contributed by atoms with Crippen LogP contribution in [0.15, 0.2) is 17.3 Å². The van der Waals surface area contributed by atoms with E-state index >= 15 is 0 Å². The second kappa shape index (κ2) is 5.16. The summed E-state index contributed by atoms with van der Waals surface area (Å²) in [5.41, 5.74) is 4.99. The van der Waals surface area contributed by atoms with Gasteiger partial charge in [-0.2, -0.15) is 0 Å². The Hall–Kier alpha value is -1.27. The van der Waals surface area contributed by atoms with Gasteiger partial charge >= 0.3 is 0 Å². The Balaban J connectivity index is 2.17. The summed E-state index contributed by atoms with van der Waals surface area (Å²) < 4.78 is 0.560. The summed E-state index contributed by atoms with van der Waals surface area (Å²) in [7, 11) is 0. The van der Waals surface area contributed by atoms with Crippen LogP contribution in [0, 0.1) is 0 Å². The maximum absolute atomic E-state index is 12.1. The molecule has 0 aliphatic heterocycles. The lowest BCUT2D eigenvalue weighted by Gasteiger charge is -2.28. The van der Waals surface area contributed by atoms with Crippen molar-refractivity contribution in [3.8, 4) is 0 Å². The number of carbonyl (C=O) groups is 1. The van der Waals surface area contributed by atoms with Gasteiger partial charge in [0.15, 0.2) is 5.84 Å². The highest BCUT2D eigenvalue weighted by atomic mass is 35.5. The molecule has 7 heteroatoms. The normalized spacial score (nSPS) is 18.8. The molecule has 0 atom stereocenters. The maximum Gasteiger partial charge on any atom is 0.262 e. The fourth-order valence-electron chi connectivity index (χ4n) is 2.23. The largest absolute Gasteiger partial charge is 0.409 e. The van der Waals surface area contributed by atoms with Gasteiger partial charge in [0.25, 0.3) is 5.91 Å². The second-order valence-electron chi connectivity index (χ2n) is 4.33. The third-order valence-corrected chi connectivity index (χ3v) is 4.43. The highest BCUT2D eigenvalue weighted by Crippen LogP contribution is 2.31. The summed E-state index contributed by atoms with van der Waals surface area (Å²) in [6.45, 7) is 0. The summed E-state index contributed by atoms with van der Waals surface area (Å²) in [5, 5.41) is 14.8. The minimum atomic E-state index is -0.720. The molecule has 1 fully saturated rings. The molecule has 1 aromatic heterocycles. The van der Waals surface area contributed by atoms with Crippen LogP contribution >= 0.6 is 22.9 Å². The zero-order valence-electron chi connectivity index (χ0n) is 9.65. The van der Waals surface area contributed by atoms with Gasteiger partial charge in [-0.1, -0.05) is 29.6 Å². The van der Waals surface area contributed by atoms with Crippen molar-refractivity contribution in [2.45, 2.75) is 31.2 Å². The number of nitrogens with zero attached hydrogens (tertiary/aromatic N) is 1. The van der Waals surface area contributed by atoms with E-state index in [1.54, 1.807) is 12.1 Å². The molecule has 2 rings (SSSR count). The first kappa shape index (κ1) is 13.2. The van der Waals surface area contributed by atoms with E-state index in [9.17, 15) is 4.79 Å². The first-order chi connectivity index (χ1) is 8.57. The van der Waals surface area contributed by atoms with Gasteiger partial charge in [0.1, 0.15) is 5.54 Å². The van der Waals surface area contributed by atoms with E-state index in [0.29, 0.717) is 22.1 Å². The number of carbonyl (C=O) groups excluding carboxylic acids is 1. The standard InChI is InChI=1S/C11H14ClN3O2S/c12-8-4-3-7(18-8)9(16)14-11(10(13)15-17)5-1-2-6-11/h3-4,17H,1-2,5-6H2,(H2,13,15)(H,14,16). The van der Waals surface area contributed by atoms with E-state index in [0.717, 1.165) is 12.8 Å². The lowest BCUT2D eigenvalue weighted by Crippen LogP contribution is -2.55. The number of amidine groups is 1. The molecule has 1 aliphatic rings. The van der Waals surface area contributed by atoms with Gasteiger partial charge in [0, 0.05) is 0 Å². The smallest absolute Gasteiger partial charge is 0.262 e.